The van der Waals surface area contributed by atoms with Gasteiger partial charge in [-0.05, 0) is 64.2 Å². The fourth-order valence-corrected chi connectivity index (χ4v) is 2.36. The van der Waals surface area contributed by atoms with E-state index in [0.29, 0.717) is 11.7 Å². The van der Waals surface area contributed by atoms with E-state index in [4.69, 9.17) is 12.2 Å². The van der Waals surface area contributed by atoms with Crippen molar-refractivity contribution in [2.75, 3.05) is 11.6 Å². The average Bonchev–Trinajstić information content (AvgIpc) is 2.48. The van der Waals surface area contributed by atoms with Gasteiger partial charge in [0.2, 0.25) is 0 Å². The summed E-state index contributed by atoms with van der Waals surface area (Å²) >= 11 is 10.3. The molecule has 0 aliphatic heterocycles. The fourth-order valence-electron chi connectivity index (χ4n) is 1.54. The van der Waals surface area contributed by atoms with E-state index in [0.717, 1.165) is 10.3 Å². The lowest BCUT2D eigenvalue weighted by Crippen LogP contribution is -2.28. The van der Waals surface area contributed by atoms with E-state index in [1.54, 1.807) is 18.0 Å². The minimum atomic E-state index is 0.564. The van der Waals surface area contributed by atoms with E-state index >= 15 is 0 Å². The molecule has 0 fully saturated rings. The molecular weight excluding hydrogens is 354 g/mol. The van der Waals surface area contributed by atoms with Gasteiger partial charge in [0.05, 0.1) is 0 Å². The number of halogens is 1. The molecule has 0 radical (unpaired) electrons. The summed E-state index contributed by atoms with van der Waals surface area (Å²) in [5.41, 5.74) is 1.19. The van der Waals surface area contributed by atoms with Gasteiger partial charge in [0.25, 0.3) is 0 Å². The molecule has 0 amide bonds. The van der Waals surface area contributed by atoms with E-state index in [1.807, 2.05) is 12.1 Å². The average molecular weight is 368 g/mol. The number of aromatic nitrogens is 1. The summed E-state index contributed by atoms with van der Waals surface area (Å²) < 4.78 is 0.941. The predicted molar refractivity (Wildman–Crippen MR) is 93.2 cm³/mol. The first-order valence-electron chi connectivity index (χ1n) is 5.97. The number of thiocarbonyl (C=S) groups is 1. The Morgan fingerprint density at radius 2 is 2.00 bits per heavy atom. The molecule has 0 saturated carbocycles. The molecule has 0 saturated heterocycles. The van der Waals surface area contributed by atoms with Crippen LogP contribution in [0.5, 0.6) is 0 Å². The Hall–Kier alpha value is -1.11. The molecule has 2 N–H and O–H groups in total. The number of nitrogens with one attached hydrogen (secondary N) is 2. The number of hydrogen-bond donors (Lipinski definition) is 2. The van der Waals surface area contributed by atoms with Crippen LogP contribution in [0.1, 0.15) is 5.56 Å². The van der Waals surface area contributed by atoms with Crippen molar-refractivity contribution in [3.05, 3.63) is 52.6 Å². The molecule has 20 heavy (non-hydrogen) atoms. The van der Waals surface area contributed by atoms with Crippen molar-refractivity contribution in [1.29, 1.82) is 0 Å². The highest BCUT2D eigenvalue weighted by Gasteiger charge is 1.99. The maximum absolute atomic E-state index is 5.24. The molecule has 0 aliphatic rings. The molecule has 0 bridgehead atoms. The third-order valence-electron chi connectivity index (χ3n) is 2.58. The highest BCUT2D eigenvalue weighted by Crippen LogP contribution is 2.14. The van der Waals surface area contributed by atoms with Gasteiger partial charge in [-0.15, -0.1) is 11.8 Å². The molecule has 6 heteroatoms. The predicted octanol–water partition coefficient (Wildman–Crippen LogP) is 4.05. The Balaban J connectivity index is 1.83. The number of benzene rings is 1. The minimum Gasteiger partial charge on any atom is -0.358 e. The maximum atomic E-state index is 5.24. The molecule has 0 atom stereocenters. The van der Waals surface area contributed by atoms with Crippen LogP contribution < -0.4 is 10.6 Å². The van der Waals surface area contributed by atoms with Gasteiger partial charge in [0, 0.05) is 22.1 Å². The van der Waals surface area contributed by atoms with Crippen molar-refractivity contribution in [3.8, 4) is 0 Å². The van der Waals surface area contributed by atoms with Gasteiger partial charge < -0.3 is 10.6 Å². The summed E-state index contributed by atoms with van der Waals surface area (Å²) in [4.78, 5) is 5.47. The second-order valence-corrected chi connectivity index (χ2v) is 6.22. The van der Waals surface area contributed by atoms with Crippen molar-refractivity contribution in [2.45, 2.75) is 11.4 Å². The lowest BCUT2D eigenvalue weighted by molar-refractivity contribution is 0.923. The van der Waals surface area contributed by atoms with Crippen LogP contribution in [0.25, 0.3) is 0 Å². The molecule has 0 unspecified atom stereocenters. The summed E-state index contributed by atoms with van der Waals surface area (Å²) in [5, 5.41) is 6.77. The zero-order valence-corrected chi connectivity index (χ0v) is 14.1. The molecule has 3 nitrogen and oxygen atoms in total. The molecule has 0 aliphatic carbocycles. The van der Waals surface area contributed by atoms with E-state index in [-0.39, 0.29) is 0 Å². The number of rotatable bonds is 4. The first kappa shape index (κ1) is 15.3. The first-order valence-corrected chi connectivity index (χ1v) is 8.39. The quantitative estimate of drug-likeness (QED) is 0.629. The van der Waals surface area contributed by atoms with Crippen LogP contribution in [0.2, 0.25) is 0 Å². The summed E-state index contributed by atoms with van der Waals surface area (Å²) in [6.45, 7) is 0.691. The third kappa shape index (κ3) is 4.77. The standard InChI is InChI=1S/C14H14BrN3S2/c1-20-12-5-2-10(3-6-12)8-17-14(19)18-13-7-4-11(15)9-16-13/h2-7,9H,8H2,1H3,(H2,16,17,18,19). The highest BCUT2D eigenvalue weighted by molar-refractivity contribution is 9.10. The topological polar surface area (TPSA) is 37.0 Å². The van der Waals surface area contributed by atoms with Gasteiger partial charge in [-0.3, -0.25) is 0 Å². The summed E-state index contributed by atoms with van der Waals surface area (Å²) in [7, 11) is 0. The fraction of sp³-hybridized carbons (Fsp3) is 0.143. The van der Waals surface area contributed by atoms with Gasteiger partial charge in [-0.25, -0.2) is 4.98 Å². The Kier molecular flexibility index (Phi) is 5.82. The van der Waals surface area contributed by atoms with Crippen LogP contribution >= 0.6 is 39.9 Å². The Morgan fingerprint density at radius 1 is 1.25 bits per heavy atom. The lowest BCUT2D eigenvalue weighted by atomic mass is 10.2. The smallest absolute Gasteiger partial charge is 0.172 e. The molecule has 1 heterocycles. The minimum absolute atomic E-state index is 0.564. The zero-order chi connectivity index (χ0) is 14.4. The third-order valence-corrected chi connectivity index (χ3v) is 4.04. The van der Waals surface area contributed by atoms with Gasteiger partial charge in [0.15, 0.2) is 5.11 Å². The van der Waals surface area contributed by atoms with E-state index in [2.05, 4.69) is 62.1 Å². The molecule has 2 rings (SSSR count). The molecule has 1 aromatic carbocycles. The molecule has 2 aromatic rings. The second kappa shape index (κ2) is 7.61. The summed E-state index contributed by atoms with van der Waals surface area (Å²) in [6, 6.07) is 12.2. The number of hydrogen-bond acceptors (Lipinski definition) is 3. The number of thioether (sulfide) groups is 1. The maximum Gasteiger partial charge on any atom is 0.172 e. The van der Waals surface area contributed by atoms with Gasteiger partial charge in [-0.1, -0.05) is 12.1 Å². The number of pyridine rings is 1. The molecular formula is C14H14BrN3S2. The SMILES string of the molecule is CSc1ccc(CNC(=S)Nc2ccc(Br)cn2)cc1. The van der Waals surface area contributed by atoms with Crippen LogP contribution in [0.3, 0.4) is 0 Å². The van der Waals surface area contributed by atoms with Crippen molar-refractivity contribution >= 4 is 50.8 Å². The van der Waals surface area contributed by atoms with E-state index in [1.165, 1.54) is 10.5 Å². The van der Waals surface area contributed by atoms with Crippen LogP contribution in [0.4, 0.5) is 5.82 Å². The Bertz CT molecular complexity index is 570. The van der Waals surface area contributed by atoms with Gasteiger partial charge >= 0.3 is 0 Å². The van der Waals surface area contributed by atoms with Crippen molar-refractivity contribution < 1.29 is 0 Å². The highest BCUT2D eigenvalue weighted by atomic mass is 79.9. The summed E-state index contributed by atoms with van der Waals surface area (Å²) in [6.07, 6.45) is 3.80. The van der Waals surface area contributed by atoms with Crippen LogP contribution in [0.15, 0.2) is 52.0 Å². The van der Waals surface area contributed by atoms with Crippen molar-refractivity contribution in [3.63, 3.8) is 0 Å². The summed E-state index contributed by atoms with van der Waals surface area (Å²) in [5.74, 6) is 0.725. The van der Waals surface area contributed by atoms with Gasteiger partial charge in [-0.2, -0.15) is 0 Å². The van der Waals surface area contributed by atoms with Gasteiger partial charge in [0.1, 0.15) is 5.82 Å². The van der Waals surface area contributed by atoms with E-state index in [9.17, 15) is 0 Å². The Morgan fingerprint density at radius 3 is 2.60 bits per heavy atom. The van der Waals surface area contributed by atoms with Crippen LogP contribution in [-0.4, -0.2) is 16.4 Å². The van der Waals surface area contributed by atoms with Crippen molar-refractivity contribution in [2.24, 2.45) is 0 Å². The van der Waals surface area contributed by atoms with Crippen LogP contribution in [-0.2, 0) is 6.54 Å². The Labute approximate surface area is 136 Å². The largest absolute Gasteiger partial charge is 0.358 e. The molecule has 104 valence electrons. The molecule has 1 aromatic heterocycles. The van der Waals surface area contributed by atoms with Crippen LogP contribution in [0, 0.1) is 0 Å². The first-order chi connectivity index (χ1) is 9.67. The lowest BCUT2D eigenvalue weighted by Gasteiger charge is -2.10. The second-order valence-electron chi connectivity index (χ2n) is 4.02. The molecule has 0 spiro atoms. The zero-order valence-electron chi connectivity index (χ0n) is 10.9. The monoisotopic (exact) mass is 367 g/mol. The van der Waals surface area contributed by atoms with E-state index < -0.39 is 0 Å². The normalized spacial score (nSPS) is 10.1. The number of nitrogens with zero attached hydrogens (tertiary/aromatic N) is 1. The van der Waals surface area contributed by atoms with Crippen molar-refractivity contribution in [1.82, 2.24) is 10.3 Å². The number of anilines is 1.